The number of aliphatic imine (C=N–C) groups is 1. The molecule has 0 unspecified atom stereocenters. The zero-order valence-corrected chi connectivity index (χ0v) is 11.8. The molecule has 0 bridgehead atoms. The van der Waals surface area contributed by atoms with Crippen molar-refractivity contribution in [2.45, 2.75) is 12.3 Å². The molecule has 2 heterocycles. The zero-order valence-electron chi connectivity index (χ0n) is 11.8. The lowest BCUT2D eigenvalue weighted by Crippen LogP contribution is -2.34. The average Bonchev–Trinajstić information content (AvgIpc) is 2.90. The van der Waals surface area contributed by atoms with Gasteiger partial charge in [0.05, 0.1) is 18.2 Å². The van der Waals surface area contributed by atoms with Crippen LogP contribution in [0.15, 0.2) is 47.5 Å². The Labute approximate surface area is 118 Å². The predicted octanol–water partition coefficient (Wildman–Crippen LogP) is 3.49. The minimum Gasteiger partial charge on any atom is -0.497 e. The highest BCUT2D eigenvalue weighted by molar-refractivity contribution is 6.17. The van der Waals surface area contributed by atoms with Crippen LogP contribution in [0.3, 0.4) is 0 Å². The maximum Gasteiger partial charge on any atom is 0.124 e. The minimum atomic E-state index is -0.146. The smallest absolute Gasteiger partial charge is 0.124 e. The van der Waals surface area contributed by atoms with Crippen molar-refractivity contribution in [1.29, 1.82) is 0 Å². The molecule has 3 nitrogen and oxygen atoms in total. The van der Waals surface area contributed by atoms with Gasteiger partial charge in [-0.2, -0.15) is 0 Å². The first-order valence-corrected chi connectivity index (χ1v) is 6.77. The molecule has 2 aliphatic heterocycles. The summed E-state index contributed by atoms with van der Waals surface area (Å²) in [5.41, 5.74) is 4.70. The highest BCUT2D eigenvalue weighted by atomic mass is 16.5. The van der Waals surface area contributed by atoms with Gasteiger partial charge < -0.3 is 9.64 Å². The number of benzene rings is 2. The number of methoxy groups -OCH3 is 1. The van der Waals surface area contributed by atoms with Crippen LogP contribution in [0.5, 0.6) is 5.75 Å². The van der Waals surface area contributed by atoms with Gasteiger partial charge in [0, 0.05) is 18.8 Å². The Morgan fingerprint density at radius 3 is 2.70 bits per heavy atom. The van der Waals surface area contributed by atoms with Gasteiger partial charge in [-0.15, -0.1) is 0 Å². The van der Waals surface area contributed by atoms with Gasteiger partial charge in [0.15, 0.2) is 0 Å². The van der Waals surface area contributed by atoms with E-state index >= 15 is 0 Å². The van der Waals surface area contributed by atoms with Crippen LogP contribution >= 0.6 is 0 Å². The molecule has 0 N–H and O–H groups in total. The first-order chi connectivity index (χ1) is 9.66. The Morgan fingerprint density at radius 1 is 1.10 bits per heavy atom. The molecule has 3 heteroatoms. The summed E-state index contributed by atoms with van der Waals surface area (Å²) in [5.74, 6) is 1.95. The fourth-order valence-corrected chi connectivity index (χ4v) is 3.48. The summed E-state index contributed by atoms with van der Waals surface area (Å²) >= 11 is 0. The van der Waals surface area contributed by atoms with Crippen molar-refractivity contribution >= 4 is 17.2 Å². The second-order valence-corrected chi connectivity index (χ2v) is 5.52. The van der Waals surface area contributed by atoms with E-state index in [1.807, 2.05) is 12.1 Å². The summed E-state index contributed by atoms with van der Waals surface area (Å²) in [6.07, 6.45) is 0. The molecule has 0 aliphatic carbocycles. The Balaban J connectivity index is 2.00. The van der Waals surface area contributed by atoms with E-state index in [1.54, 1.807) is 7.11 Å². The number of anilines is 1. The van der Waals surface area contributed by atoms with E-state index in [2.05, 4.69) is 49.2 Å². The highest BCUT2D eigenvalue weighted by Gasteiger charge is 2.49. The molecule has 1 atom stereocenters. The molecule has 2 aromatic rings. The zero-order chi connectivity index (χ0) is 13.9. The van der Waals surface area contributed by atoms with Gasteiger partial charge in [-0.1, -0.05) is 24.3 Å². The molecule has 0 saturated carbocycles. The largest absolute Gasteiger partial charge is 0.497 e. The maximum atomic E-state index is 5.31. The minimum absolute atomic E-state index is 0.146. The van der Waals surface area contributed by atoms with E-state index in [-0.39, 0.29) is 5.41 Å². The summed E-state index contributed by atoms with van der Waals surface area (Å²) in [6.45, 7) is 2.26. The SMILES string of the molecule is COc1ccc2c(c1)N=C1N(C)c3ccccc3[C@]12C. The Hall–Kier alpha value is -2.29. The molecule has 2 aromatic carbocycles. The maximum absolute atomic E-state index is 5.31. The Bertz CT molecular complexity index is 750. The number of fused-ring (bicyclic) bond motifs is 5. The number of para-hydroxylation sites is 1. The van der Waals surface area contributed by atoms with Crippen molar-refractivity contribution in [2.24, 2.45) is 4.99 Å². The molecule has 20 heavy (non-hydrogen) atoms. The quantitative estimate of drug-likeness (QED) is 0.787. The van der Waals surface area contributed by atoms with Crippen molar-refractivity contribution in [3.8, 4) is 5.75 Å². The summed E-state index contributed by atoms with van der Waals surface area (Å²) < 4.78 is 5.31. The molecule has 2 aliphatic rings. The number of nitrogens with zero attached hydrogens (tertiary/aromatic N) is 2. The van der Waals surface area contributed by atoms with E-state index < -0.39 is 0 Å². The second kappa shape index (κ2) is 3.63. The van der Waals surface area contributed by atoms with Gasteiger partial charge in [-0.25, -0.2) is 4.99 Å². The summed E-state index contributed by atoms with van der Waals surface area (Å²) in [7, 11) is 3.78. The van der Waals surface area contributed by atoms with Crippen LogP contribution in [0.1, 0.15) is 18.1 Å². The lowest BCUT2D eigenvalue weighted by Gasteiger charge is -2.22. The number of amidine groups is 1. The van der Waals surface area contributed by atoms with Crippen molar-refractivity contribution in [3.05, 3.63) is 53.6 Å². The topological polar surface area (TPSA) is 24.8 Å². The Kier molecular flexibility index (Phi) is 2.09. The van der Waals surface area contributed by atoms with Gasteiger partial charge >= 0.3 is 0 Å². The molecule has 0 amide bonds. The first-order valence-electron chi connectivity index (χ1n) is 6.77. The van der Waals surface area contributed by atoms with Gasteiger partial charge in [0.1, 0.15) is 11.6 Å². The van der Waals surface area contributed by atoms with Crippen molar-refractivity contribution in [2.75, 3.05) is 19.1 Å². The molecule has 0 spiro atoms. The number of rotatable bonds is 1. The van der Waals surface area contributed by atoms with Crippen LogP contribution in [0.2, 0.25) is 0 Å². The third-order valence-corrected chi connectivity index (χ3v) is 4.54. The molecule has 0 aromatic heterocycles. The van der Waals surface area contributed by atoms with Crippen molar-refractivity contribution in [3.63, 3.8) is 0 Å². The third-order valence-electron chi connectivity index (χ3n) is 4.54. The Morgan fingerprint density at radius 2 is 1.90 bits per heavy atom. The van der Waals surface area contributed by atoms with Crippen LogP contribution in [0.25, 0.3) is 0 Å². The third kappa shape index (κ3) is 1.18. The average molecular weight is 264 g/mol. The predicted molar refractivity (Wildman–Crippen MR) is 81.4 cm³/mol. The van der Waals surface area contributed by atoms with Crippen molar-refractivity contribution < 1.29 is 4.74 Å². The van der Waals surface area contributed by atoms with Crippen LogP contribution in [-0.4, -0.2) is 20.0 Å². The molecule has 0 saturated heterocycles. The molecule has 100 valence electrons. The monoisotopic (exact) mass is 264 g/mol. The second-order valence-electron chi connectivity index (χ2n) is 5.52. The van der Waals surface area contributed by atoms with Crippen LogP contribution < -0.4 is 9.64 Å². The van der Waals surface area contributed by atoms with E-state index in [1.165, 1.54) is 16.8 Å². The van der Waals surface area contributed by atoms with Crippen molar-refractivity contribution in [1.82, 2.24) is 0 Å². The normalized spacial score (nSPS) is 22.1. The standard InChI is InChI=1S/C17H16N2O/c1-17-12-9-8-11(20-3)10-14(12)18-16(17)19(2)15-7-5-4-6-13(15)17/h4-10H,1-3H3/t17-/m1/s1. The molecule has 0 radical (unpaired) electrons. The van der Waals surface area contributed by atoms with E-state index in [4.69, 9.17) is 9.73 Å². The number of hydrogen-bond donors (Lipinski definition) is 0. The van der Waals surface area contributed by atoms with Gasteiger partial charge in [0.2, 0.25) is 0 Å². The molecule has 4 rings (SSSR count). The van der Waals surface area contributed by atoms with Crippen LogP contribution in [0, 0.1) is 0 Å². The lowest BCUT2D eigenvalue weighted by atomic mass is 9.78. The van der Waals surface area contributed by atoms with E-state index in [0.29, 0.717) is 0 Å². The number of ether oxygens (including phenoxy) is 1. The van der Waals surface area contributed by atoms with Gasteiger partial charge in [0.25, 0.3) is 0 Å². The summed E-state index contributed by atoms with van der Waals surface area (Å²) in [5, 5.41) is 0. The summed E-state index contributed by atoms with van der Waals surface area (Å²) in [6, 6.07) is 14.7. The number of hydrogen-bond acceptors (Lipinski definition) is 3. The van der Waals surface area contributed by atoms with Crippen LogP contribution in [0.4, 0.5) is 11.4 Å². The van der Waals surface area contributed by atoms with Crippen LogP contribution in [-0.2, 0) is 5.41 Å². The lowest BCUT2D eigenvalue weighted by molar-refractivity contribution is 0.415. The summed E-state index contributed by atoms with van der Waals surface area (Å²) in [4.78, 5) is 7.05. The van der Waals surface area contributed by atoms with E-state index in [0.717, 1.165) is 17.3 Å². The number of likely N-dealkylation sites (N-methyl/N-ethyl adjacent to an activating group) is 1. The van der Waals surface area contributed by atoms with E-state index in [9.17, 15) is 0 Å². The fourth-order valence-electron chi connectivity index (χ4n) is 3.48. The first kappa shape index (κ1) is 11.5. The molecular weight excluding hydrogens is 248 g/mol. The molecule has 0 fully saturated rings. The molecular formula is C17H16N2O. The fraction of sp³-hybridized carbons (Fsp3) is 0.235. The highest BCUT2D eigenvalue weighted by Crippen LogP contribution is 2.53. The van der Waals surface area contributed by atoms with Gasteiger partial charge in [-0.3, -0.25) is 0 Å². The van der Waals surface area contributed by atoms with Gasteiger partial charge in [-0.05, 0) is 30.2 Å².